The maximum absolute atomic E-state index is 14.9. The molecule has 2 heterocycles. The van der Waals surface area contributed by atoms with Gasteiger partial charge in [-0.05, 0) is 90.9 Å². The van der Waals surface area contributed by atoms with Crippen molar-refractivity contribution >= 4 is 22.5 Å². The highest BCUT2D eigenvalue weighted by atomic mass is 19.1. The summed E-state index contributed by atoms with van der Waals surface area (Å²) in [5.74, 6) is 1.22. The zero-order valence-electron chi connectivity index (χ0n) is 21.7. The third-order valence-corrected chi connectivity index (χ3v) is 5.93. The maximum atomic E-state index is 14.9. The number of allylic oxidation sites excluding steroid dienone is 1. The summed E-state index contributed by atoms with van der Waals surface area (Å²) in [5, 5.41) is 12.1. The molecule has 37 heavy (non-hydrogen) atoms. The SMILES string of the molecule is CON=C(F)c1cc(/C(=C\CCCc2nc(C)no2)c2cc(C)c3onc(OC)c3c2)cc(C)c1OC. The first-order chi connectivity index (χ1) is 17.9. The van der Waals surface area contributed by atoms with Gasteiger partial charge in [-0.15, -0.1) is 0 Å². The number of hydrogen-bond donors (Lipinski definition) is 0. The van der Waals surface area contributed by atoms with E-state index in [0.717, 1.165) is 39.6 Å². The summed E-state index contributed by atoms with van der Waals surface area (Å²) < 4.78 is 36.5. The third-order valence-electron chi connectivity index (χ3n) is 5.93. The minimum absolute atomic E-state index is 0.201. The van der Waals surface area contributed by atoms with Crippen molar-refractivity contribution in [1.82, 2.24) is 15.3 Å². The lowest BCUT2D eigenvalue weighted by atomic mass is 9.91. The first kappa shape index (κ1) is 25.9. The van der Waals surface area contributed by atoms with Crippen LogP contribution in [0.25, 0.3) is 16.5 Å². The van der Waals surface area contributed by atoms with Gasteiger partial charge in [0.25, 0.3) is 11.8 Å². The highest BCUT2D eigenvalue weighted by Crippen LogP contribution is 2.36. The topological polar surface area (TPSA) is 105 Å². The minimum atomic E-state index is -0.775. The van der Waals surface area contributed by atoms with E-state index in [-0.39, 0.29) is 5.56 Å². The normalized spacial score (nSPS) is 12.3. The van der Waals surface area contributed by atoms with Crippen LogP contribution in [-0.2, 0) is 11.3 Å². The summed E-state index contributed by atoms with van der Waals surface area (Å²) in [5.41, 5.74) is 5.09. The molecule has 0 saturated heterocycles. The number of hydrogen-bond acceptors (Lipinski definition) is 9. The number of halogens is 1. The average molecular weight is 509 g/mol. The van der Waals surface area contributed by atoms with E-state index in [2.05, 4.69) is 31.4 Å². The van der Waals surface area contributed by atoms with Crippen molar-refractivity contribution in [3.05, 3.63) is 69.9 Å². The quantitative estimate of drug-likeness (QED) is 0.148. The molecule has 194 valence electrons. The molecule has 4 aromatic rings. The van der Waals surface area contributed by atoms with Crippen molar-refractivity contribution in [2.45, 2.75) is 40.0 Å². The molecular formula is C27H29FN4O5. The molecule has 0 saturated carbocycles. The molecule has 0 N–H and O–H groups in total. The van der Waals surface area contributed by atoms with Crippen LogP contribution in [0.1, 0.15) is 52.4 Å². The van der Waals surface area contributed by atoms with Gasteiger partial charge in [-0.2, -0.15) is 9.37 Å². The highest BCUT2D eigenvalue weighted by Gasteiger charge is 2.19. The molecule has 10 heteroatoms. The Hall–Kier alpha value is -4.21. The maximum Gasteiger partial charge on any atom is 0.261 e. The summed E-state index contributed by atoms with van der Waals surface area (Å²) in [6, 6.07) is 7.64. The number of rotatable bonds is 10. The lowest BCUT2D eigenvalue weighted by Crippen LogP contribution is -2.03. The standard InChI is InChI=1S/C27H29FN4O5/c1-15-11-18(13-21(24(15)33-4)26(28)31-35-6)20(9-7-8-10-23-29-17(3)30-36-23)19-12-16(2)25-22(14-19)27(34-5)32-37-25/h9,11-14H,7-8,10H2,1-6H3/b20-9+,31-26?. The fraction of sp³-hybridized carbons (Fsp3) is 0.333. The van der Waals surface area contributed by atoms with Crippen molar-refractivity contribution in [2.24, 2.45) is 5.16 Å². The average Bonchev–Trinajstić information content (AvgIpc) is 3.49. The number of nitrogens with zero attached hydrogens (tertiary/aromatic N) is 4. The van der Waals surface area contributed by atoms with Gasteiger partial charge in [0.15, 0.2) is 11.4 Å². The summed E-state index contributed by atoms with van der Waals surface area (Å²) in [6.45, 7) is 5.60. The fourth-order valence-corrected chi connectivity index (χ4v) is 4.32. The zero-order valence-corrected chi connectivity index (χ0v) is 21.7. The molecule has 0 radical (unpaired) electrons. The molecule has 2 aromatic heterocycles. The number of aromatic nitrogens is 3. The van der Waals surface area contributed by atoms with Crippen LogP contribution in [0.5, 0.6) is 11.6 Å². The molecule has 0 aliphatic carbocycles. The first-order valence-electron chi connectivity index (χ1n) is 11.8. The van der Waals surface area contributed by atoms with Gasteiger partial charge < -0.3 is 23.4 Å². The number of unbranched alkanes of at least 4 members (excludes halogenated alkanes) is 1. The Morgan fingerprint density at radius 3 is 2.41 bits per heavy atom. The van der Waals surface area contributed by atoms with E-state index in [1.165, 1.54) is 14.2 Å². The van der Waals surface area contributed by atoms with Crippen LogP contribution in [0.4, 0.5) is 4.39 Å². The molecule has 0 aliphatic rings. The second-order valence-electron chi connectivity index (χ2n) is 8.55. The lowest BCUT2D eigenvalue weighted by Gasteiger charge is -2.16. The van der Waals surface area contributed by atoms with Gasteiger partial charge in [-0.3, -0.25) is 0 Å². The lowest BCUT2D eigenvalue weighted by molar-refractivity contribution is 0.209. The van der Waals surface area contributed by atoms with Gasteiger partial charge in [0.05, 0.1) is 25.2 Å². The molecular weight excluding hydrogens is 479 g/mol. The Labute approximate surface area is 213 Å². The molecule has 0 atom stereocenters. The van der Waals surface area contributed by atoms with Crippen LogP contribution in [-0.4, -0.2) is 42.6 Å². The zero-order chi connectivity index (χ0) is 26.5. The van der Waals surface area contributed by atoms with Crippen LogP contribution < -0.4 is 9.47 Å². The van der Waals surface area contributed by atoms with Gasteiger partial charge in [0.2, 0.25) is 5.89 Å². The number of benzene rings is 2. The number of oxime groups is 1. The number of fused-ring (bicyclic) bond motifs is 1. The molecule has 4 rings (SSSR count). The molecule has 0 amide bonds. The highest BCUT2D eigenvalue weighted by molar-refractivity contribution is 5.98. The number of ether oxygens (including phenoxy) is 2. The van der Waals surface area contributed by atoms with Crippen LogP contribution in [0.2, 0.25) is 0 Å². The number of methoxy groups -OCH3 is 2. The second-order valence-corrected chi connectivity index (χ2v) is 8.55. The monoisotopic (exact) mass is 508 g/mol. The van der Waals surface area contributed by atoms with Crippen LogP contribution in [0.15, 0.2) is 44.5 Å². The predicted octanol–water partition coefficient (Wildman–Crippen LogP) is 5.89. The van der Waals surface area contributed by atoms with E-state index >= 15 is 0 Å². The molecule has 0 bridgehead atoms. The Balaban J connectivity index is 1.82. The molecule has 0 aliphatic heterocycles. The molecule has 9 nitrogen and oxygen atoms in total. The number of aryl methyl sites for hydroxylation is 4. The minimum Gasteiger partial charge on any atom is -0.496 e. The third kappa shape index (κ3) is 5.47. The van der Waals surface area contributed by atoms with Gasteiger partial charge in [-0.25, -0.2) is 0 Å². The van der Waals surface area contributed by atoms with Crippen LogP contribution in [0, 0.1) is 20.8 Å². The Bertz CT molecular complexity index is 1470. The molecule has 2 aromatic carbocycles. The summed E-state index contributed by atoms with van der Waals surface area (Å²) >= 11 is 0. The molecule has 0 unspecified atom stereocenters. The van der Waals surface area contributed by atoms with Crippen molar-refractivity contribution in [3.8, 4) is 11.6 Å². The molecule has 0 fully saturated rings. The Kier molecular flexibility index (Phi) is 7.86. The van der Waals surface area contributed by atoms with Crippen molar-refractivity contribution in [2.75, 3.05) is 21.3 Å². The Morgan fingerprint density at radius 1 is 0.973 bits per heavy atom. The largest absolute Gasteiger partial charge is 0.496 e. The van der Waals surface area contributed by atoms with E-state index in [4.69, 9.17) is 18.5 Å². The summed E-state index contributed by atoms with van der Waals surface area (Å²) in [7, 11) is 4.34. The van der Waals surface area contributed by atoms with E-state index in [1.54, 1.807) is 20.1 Å². The van der Waals surface area contributed by atoms with Gasteiger partial charge in [-0.1, -0.05) is 16.4 Å². The summed E-state index contributed by atoms with van der Waals surface area (Å²) in [6.07, 6.45) is 4.25. The fourth-order valence-electron chi connectivity index (χ4n) is 4.32. The second kappa shape index (κ2) is 11.2. The van der Waals surface area contributed by atoms with Gasteiger partial charge >= 0.3 is 0 Å². The van der Waals surface area contributed by atoms with E-state index in [9.17, 15) is 4.39 Å². The predicted molar refractivity (Wildman–Crippen MR) is 137 cm³/mol. The van der Waals surface area contributed by atoms with Crippen molar-refractivity contribution in [3.63, 3.8) is 0 Å². The van der Waals surface area contributed by atoms with Crippen molar-refractivity contribution in [1.29, 1.82) is 0 Å². The van der Waals surface area contributed by atoms with Crippen LogP contribution >= 0.6 is 0 Å². The summed E-state index contributed by atoms with van der Waals surface area (Å²) in [4.78, 5) is 8.95. The molecule has 0 spiro atoms. The van der Waals surface area contributed by atoms with Crippen LogP contribution in [0.3, 0.4) is 0 Å². The Morgan fingerprint density at radius 2 is 1.73 bits per heavy atom. The first-order valence-corrected chi connectivity index (χ1v) is 11.8. The van der Waals surface area contributed by atoms with E-state index in [0.29, 0.717) is 41.8 Å². The van der Waals surface area contributed by atoms with Gasteiger partial charge in [0, 0.05) is 6.42 Å². The van der Waals surface area contributed by atoms with E-state index in [1.807, 2.05) is 32.0 Å². The van der Waals surface area contributed by atoms with Crippen molar-refractivity contribution < 1.29 is 27.7 Å². The van der Waals surface area contributed by atoms with E-state index < -0.39 is 5.97 Å². The smallest absolute Gasteiger partial charge is 0.261 e. The van der Waals surface area contributed by atoms with Gasteiger partial charge in [0.1, 0.15) is 12.9 Å².